The Morgan fingerprint density at radius 2 is 2.15 bits per heavy atom. The first-order valence-electron chi connectivity index (χ1n) is 5.98. The molecule has 2 aromatic heterocycles. The highest BCUT2D eigenvalue weighted by Crippen LogP contribution is 2.31. The molecular weight excluding hydrogens is 288 g/mol. The Morgan fingerprint density at radius 3 is 2.95 bits per heavy atom. The molecule has 0 aliphatic rings. The van der Waals surface area contributed by atoms with E-state index in [1.165, 1.54) is 0 Å². The van der Waals surface area contributed by atoms with Gasteiger partial charge in [0.15, 0.2) is 5.82 Å². The fraction of sp³-hybridized carbons (Fsp3) is 0.0714. The first-order chi connectivity index (χ1) is 9.66. The van der Waals surface area contributed by atoms with Gasteiger partial charge in [-0.25, -0.2) is 9.97 Å². The molecule has 0 amide bonds. The van der Waals surface area contributed by atoms with E-state index in [0.29, 0.717) is 4.99 Å². The highest BCUT2D eigenvalue weighted by Gasteiger charge is 2.12. The van der Waals surface area contributed by atoms with Crippen molar-refractivity contribution in [2.24, 2.45) is 5.73 Å². The molecule has 0 atom stereocenters. The largest absolute Gasteiger partial charge is 0.389 e. The fourth-order valence-electron chi connectivity index (χ4n) is 2.00. The predicted octanol–water partition coefficient (Wildman–Crippen LogP) is 3.09. The molecule has 0 aliphatic carbocycles. The summed E-state index contributed by atoms with van der Waals surface area (Å²) < 4.78 is 1.07. The number of rotatable bonds is 3. The quantitative estimate of drug-likeness (QED) is 0.753. The van der Waals surface area contributed by atoms with Crippen molar-refractivity contribution >= 4 is 50.3 Å². The van der Waals surface area contributed by atoms with Gasteiger partial charge in [-0.15, -0.1) is 11.3 Å². The van der Waals surface area contributed by atoms with E-state index in [1.54, 1.807) is 17.7 Å². The number of nitrogens with zero attached hydrogens (tertiary/aromatic N) is 3. The second-order valence-electron chi connectivity index (χ2n) is 4.31. The van der Waals surface area contributed by atoms with Gasteiger partial charge in [0, 0.05) is 18.3 Å². The second-order valence-corrected chi connectivity index (χ2v) is 5.66. The lowest BCUT2D eigenvalue weighted by Crippen LogP contribution is -2.14. The Bertz CT molecular complexity index is 781. The smallest absolute Gasteiger partial charge is 0.154 e. The fourth-order valence-corrected chi connectivity index (χ4v) is 3.00. The van der Waals surface area contributed by atoms with Gasteiger partial charge < -0.3 is 10.6 Å². The molecule has 6 heteroatoms. The van der Waals surface area contributed by atoms with Gasteiger partial charge in [0.1, 0.15) is 11.3 Å². The van der Waals surface area contributed by atoms with Crippen molar-refractivity contribution in [1.82, 2.24) is 9.97 Å². The summed E-state index contributed by atoms with van der Waals surface area (Å²) in [7, 11) is 1.97. The number of thiophene rings is 1. The van der Waals surface area contributed by atoms with Crippen LogP contribution in [0.2, 0.25) is 0 Å². The summed E-state index contributed by atoms with van der Waals surface area (Å²) in [6.07, 6.45) is 1.58. The minimum absolute atomic E-state index is 0.393. The summed E-state index contributed by atoms with van der Waals surface area (Å²) in [5, 5.41) is 2.02. The molecule has 0 aliphatic heterocycles. The zero-order valence-corrected chi connectivity index (χ0v) is 12.4. The third-order valence-corrected chi connectivity index (χ3v) is 4.20. The van der Waals surface area contributed by atoms with Crippen molar-refractivity contribution in [2.75, 3.05) is 11.9 Å². The van der Waals surface area contributed by atoms with E-state index >= 15 is 0 Å². The van der Waals surface area contributed by atoms with E-state index in [0.717, 1.165) is 27.3 Å². The Balaban J connectivity index is 2.08. The zero-order chi connectivity index (χ0) is 14.1. The molecule has 4 nitrogen and oxygen atoms in total. The first-order valence-corrected chi connectivity index (χ1v) is 7.27. The van der Waals surface area contributed by atoms with Crippen LogP contribution in [0.15, 0.2) is 42.0 Å². The Kier molecular flexibility index (Phi) is 3.33. The monoisotopic (exact) mass is 300 g/mol. The average molecular weight is 300 g/mol. The molecule has 0 radical (unpaired) electrons. The van der Waals surface area contributed by atoms with Gasteiger partial charge in [-0.2, -0.15) is 0 Å². The van der Waals surface area contributed by atoms with Gasteiger partial charge in [0.05, 0.1) is 10.2 Å². The molecule has 2 heterocycles. The summed E-state index contributed by atoms with van der Waals surface area (Å²) in [4.78, 5) is 11.1. The molecule has 1 aromatic carbocycles. The molecule has 3 aromatic rings. The van der Waals surface area contributed by atoms with Gasteiger partial charge in [-0.1, -0.05) is 24.4 Å². The van der Waals surface area contributed by atoms with Crippen LogP contribution in [0, 0.1) is 0 Å². The van der Waals surface area contributed by atoms with E-state index < -0.39 is 0 Å². The van der Waals surface area contributed by atoms with Crippen LogP contribution in [0.4, 0.5) is 11.5 Å². The molecule has 20 heavy (non-hydrogen) atoms. The standard InChI is InChI=1S/C14H12N4S2/c1-18(10-4-2-3-9(7-10)13(15)19)14-12-11(5-6-20-12)16-8-17-14/h2-8H,1H3,(H2,15,19). The van der Waals surface area contributed by atoms with E-state index in [1.807, 2.05) is 47.7 Å². The van der Waals surface area contributed by atoms with Crippen molar-refractivity contribution in [2.45, 2.75) is 0 Å². The maximum Gasteiger partial charge on any atom is 0.154 e. The Hall–Kier alpha value is -2.05. The molecule has 2 N–H and O–H groups in total. The second kappa shape index (κ2) is 5.15. The highest BCUT2D eigenvalue weighted by atomic mass is 32.1. The Labute approximate surface area is 125 Å². The molecule has 0 saturated carbocycles. The lowest BCUT2D eigenvalue weighted by atomic mass is 10.2. The minimum atomic E-state index is 0.393. The molecule has 0 fully saturated rings. The SMILES string of the molecule is CN(c1cccc(C(N)=S)c1)c1ncnc2ccsc12. The first kappa shape index (κ1) is 13.0. The van der Waals surface area contributed by atoms with Gasteiger partial charge in [0.2, 0.25) is 0 Å². The molecule has 0 saturated heterocycles. The van der Waals surface area contributed by atoms with Gasteiger partial charge in [-0.3, -0.25) is 0 Å². The van der Waals surface area contributed by atoms with Crippen molar-refractivity contribution in [3.8, 4) is 0 Å². The number of hydrogen-bond acceptors (Lipinski definition) is 5. The van der Waals surface area contributed by atoms with Crippen LogP contribution in [0.25, 0.3) is 10.2 Å². The predicted molar refractivity (Wildman–Crippen MR) is 87.8 cm³/mol. The van der Waals surface area contributed by atoms with Crippen LogP contribution in [0.5, 0.6) is 0 Å². The summed E-state index contributed by atoms with van der Waals surface area (Å²) in [5.74, 6) is 0.880. The van der Waals surface area contributed by atoms with Crippen molar-refractivity contribution < 1.29 is 0 Å². The van der Waals surface area contributed by atoms with Gasteiger partial charge >= 0.3 is 0 Å². The van der Waals surface area contributed by atoms with Gasteiger partial charge in [-0.05, 0) is 23.6 Å². The Morgan fingerprint density at radius 1 is 1.30 bits per heavy atom. The maximum atomic E-state index is 5.68. The van der Waals surface area contributed by atoms with E-state index in [4.69, 9.17) is 18.0 Å². The average Bonchev–Trinajstić information content (AvgIpc) is 2.95. The lowest BCUT2D eigenvalue weighted by Gasteiger charge is -2.19. The van der Waals surface area contributed by atoms with E-state index in [9.17, 15) is 0 Å². The number of nitrogens with two attached hydrogens (primary N) is 1. The normalized spacial score (nSPS) is 10.7. The molecular formula is C14H12N4S2. The summed E-state index contributed by atoms with van der Waals surface area (Å²) in [6.45, 7) is 0. The van der Waals surface area contributed by atoms with E-state index in [2.05, 4.69) is 9.97 Å². The van der Waals surface area contributed by atoms with Crippen LogP contribution in [0.3, 0.4) is 0 Å². The van der Waals surface area contributed by atoms with Crippen molar-refractivity contribution in [3.63, 3.8) is 0 Å². The van der Waals surface area contributed by atoms with Crippen LogP contribution in [-0.4, -0.2) is 22.0 Å². The number of anilines is 2. The number of thiocarbonyl (C=S) groups is 1. The van der Waals surface area contributed by atoms with Gasteiger partial charge in [0.25, 0.3) is 0 Å². The molecule has 3 rings (SSSR count). The van der Waals surface area contributed by atoms with Crippen LogP contribution in [0.1, 0.15) is 5.56 Å². The lowest BCUT2D eigenvalue weighted by molar-refractivity contribution is 1.12. The molecule has 100 valence electrons. The zero-order valence-electron chi connectivity index (χ0n) is 10.8. The molecule has 0 bridgehead atoms. The van der Waals surface area contributed by atoms with Crippen molar-refractivity contribution in [3.05, 3.63) is 47.6 Å². The highest BCUT2D eigenvalue weighted by molar-refractivity contribution is 7.80. The topological polar surface area (TPSA) is 55.0 Å². The maximum absolute atomic E-state index is 5.68. The van der Waals surface area contributed by atoms with E-state index in [-0.39, 0.29) is 0 Å². The number of aromatic nitrogens is 2. The number of hydrogen-bond donors (Lipinski definition) is 1. The third-order valence-electron chi connectivity index (χ3n) is 3.06. The number of benzene rings is 1. The molecule has 0 unspecified atom stereocenters. The number of fused-ring (bicyclic) bond motifs is 1. The molecule has 0 spiro atoms. The summed E-state index contributed by atoms with van der Waals surface area (Å²) in [5.41, 5.74) is 8.48. The van der Waals surface area contributed by atoms with Crippen LogP contribution >= 0.6 is 23.6 Å². The van der Waals surface area contributed by atoms with Crippen LogP contribution < -0.4 is 10.6 Å². The summed E-state index contributed by atoms with van der Waals surface area (Å²) in [6, 6.07) is 9.80. The van der Waals surface area contributed by atoms with Crippen LogP contribution in [-0.2, 0) is 0 Å². The van der Waals surface area contributed by atoms with Crippen molar-refractivity contribution in [1.29, 1.82) is 0 Å². The minimum Gasteiger partial charge on any atom is -0.389 e. The third kappa shape index (κ3) is 2.23. The summed E-state index contributed by atoms with van der Waals surface area (Å²) >= 11 is 6.65.